The maximum Gasteiger partial charge on any atom is 0.416 e. The molecule has 0 spiro atoms. The van der Waals surface area contributed by atoms with Crippen molar-refractivity contribution < 1.29 is 14.3 Å². The number of ether oxygens (including phenoxy) is 1. The first kappa shape index (κ1) is 11.7. The largest absolute Gasteiger partial charge is 0.447 e. The number of nitrogens with two attached hydrogens (primary N) is 1. The van der Waals surface area contributed by atoms with Crippen molar-refractivity contribution in [1.82, 2.24) is 9.88 Å². The van der Waals surface area contributed by atoms with Crippen LogP contribution in [0, 0.1) is 0 Å². The summed E-state index contributed by atoms with van der Waals surface area (Å²) in [5, 5.41) is 0. The van der Waals surface area contributed by atoms with Crippen LogP contribution in [0.2, 0.25) is 0 Å². The molecule has 2 heterocycles. The second-order valence-corrected chi connectivity index (χ2v) is 4.42. The van der Waals surface area contributed by atoms with Gasteiger partial charge in [-0.3, -0.25) is 4.79 Å². The highest BCUT2D eigenvalue weighted by atomic mass is 32.2. The lowest BCUT2D eigenvalue weighted by Gasteiger charge is -2.09. The highest BCUT2D eigenvalue weighted by Crippen LogP contribution is 2.18. The van der Waals surface area contributed by atoms with Crippen molar-refractivity contribution in [3.05, 3.63) is 18.3 Å². The molecule has 1 aliphatic heterocycles. The van der Waals surface area contributed by atoms with Gasteiger partial charge in [0.05, 0.1) is 12.3 Å². The van der Waals surface area contributed by atoms with Crippen LogP contribution in [0.4, 0.5) is 10.6 Å². The molecular weight excluding hydrogens is 242 g/mol. The molecule has 1 aliphatic rings. The van der Waals surface area contributed by atoms with Crippen molar-refractivity contribution in [3.63, 3.8) is 0 Å². The third-order valence-corrected chi connectivity index (χ3v) is 3.15. The van der Waals surface area contributed by atoms with Crippen LogP contribution in [0.3, 0.4) is 0 Å². The zero-order valence-corrected chi connectivity index (χ0v) is 9.77. The highest BCUT2D eigenvalue weighted by Gasteiger charge is 2.27. The summed E-state index contributed by atoms with van der Waals surface area (Å²) in [6, 6.07) is 3.44. The minimum absolute atomic E-state index is 0.181. The number of imide groups is 1. The first-order chi connectivity index (χ1) is 8.16. The van der Waals surface area contributed by atoms with E-state index in [-0.39, 0.29) is 18.3 Å². The van der Waals surface area contributed by atoms with Gasteiger partial charge in [-0.15, -0.1) is 11.8 Å². The third-order valence-electron chi connectivity index (χ3n) is 2.18. The molecule has 1 aromatic rings. The number of pyridine rings is 1. The van der Waals surface area contributed by atoms with E-state index in [4.69, 9.17) is 5.73 Å². The Balaban J connectivity index is 1.87. The number of nitrogens with zero attached hydrogens (tertiary/aromatic N) is 2. The predicted octanol–water partition coefficient (Wildman–Crippen LogP) is 0.735. The fourth-order valence-corrected chi connectivity index (χ4v) is 2.06. The summed E-state index contributed by atoms with van der Waals surface area (Å²) in [6.07, 6.45) is 1.03. The molecule has 2 N–H and O–H groups in total. The molecule has 0 saturated carbocycles. The molecule has 2 amide bonds. The van der Waals surface area contributed by atoms with E-state index in [2.05, 4.69) is 9.72 Å². The average Bonchev–Trinajstić information content (AvgIpc) is 2.74. The lowest BCUT2D eigenvalue weighted by Crippen LogP contribution is -2.32. The van der Waals surface area contributed by atoms with E-state index >= 15 is 0 Å². The maximum atomic E-state index is 11.7. The van der Waals surface area contributed by atoms with Crippen LogP contribution in [0.1, 0.15) is 0 Å². The number of carbonyl (C=O) groups excluding carboxylic acids is 2. The molecule has 1 saturated heterocycles. The van der Waals surface area contributed by atoms with Crippen molar-refractivity contribution in [1.29, 1.82) is 0 Å². The number of carbonyl (C=O) groups is 2. The molecule has 0 aromatic carbocycles. The van der Waals surface area contributed by atoms with E-state index in [9.17, 15) is 9.59 Å². The second-order valence-electron chi connectivity index (χ2n) is 3.37. The first-order valence-electron chi connectivity index (χ1n) is 4.98. The van der Waals surface area contributed by atoms with Gasteiger partial charge in [0, 0.05) is 11.1 Å². The van der Waals surface area contributed by atoms with Gasteiger partial charge in [-0.2, -0.15) is 0 Å². The SMILES string of the molecule is Nc1ccc(SCC(=O)N2CCOC2=O)cn1. The Kier molecular flexibility index (Phi) is 3.48. The average molecular weight is 253 g/mol. The van der Waals surface area contributed by atoms with Gasteiger partial charge in [-0.1, -0.05) is 0 Å². The lowest BCUT2D eigenvalue weighted by molar-refractivity contribution is -0.124. The minimum atomic E-state index is -0.564. The fourth-order valence-electron chi connectivity index (χ4n) is 1.32. The maximum absolute atomic E-state index is 11.7. The second kappa shape index (κ2) is 5.05. The number of aromatic nitrogens is 1. The number of nitrogen functional groups attached to an aromatic ring is 1. The van der Waals surface area contributed by atoms with Crippen molar-refractivity contribution in [3.8, 4) is 0 Å². The monoisotopic (exact) mass is 253 g/mol. The van der Waals surface area contributed by atoms with Crippen molar-refractivity contribution in [2.45, 2.75) is 4.90 Å². The third kappa shape index (κ3) is 2.88. The molecule has 0 atom stereocenters. The van der Waals surface area contributed by atoms with Gasteiger partial charge in [-0.25, -0.2) is 14.7 Å². The molecule has 1 aromatic heterocycles. The Morgan fingerprint density at radius 3 is 3.00 bits per heavy atom. The number of thioether (sulfide) groups is 1. The summed E-state index contributed by atoms with van der Waals surface area (Å²) in [4.78, 5) is 28.6. The predicted molar refractivity (Wildman–Crippen MR) is 62.4 cm³/mol. The van der Waals surface area contributed by atoms with E-state index in [1.165, 1.54) is 11.8 Å². The zero-order valence-electron chi connectivity index (χ0n) is 8.96. The molecule has 6 nitrogen and oxygen atoms in total. The number of hydrogen-bond acceptors (Lipinski definition) is 6. The Morgan fingerprint density at radius 1 is 1.59 bits per heavy atom. The van der Waals surface area contributed by atoms with Crippen molar-refractivity contribution in [2.24, 2.45) is 0 Å². The number of anilines is 1. The van der Waals surface area contributed by atoms with Gasteiger partial charge in [0.25, 0.3) is 0 Å². The molecule has 0 unspecified atom stereocenters. The molecule has 0 aliphatic carbocycles. The van der Waals surface area contributed by atoms with Gasteiger partial charge in [-0.05, 0) is 12.1 Å². The summed E-state index contributed by atoms with van der Waals surface area (Å²) >= 11 is 1.31. The fraction of sp³-hybridized carbons (Fsp3) is 0.300. The molecule has 0 radical (unpaired) electrons. The normalized spacial score (nSPS) is 14.8. The van der Waals surface area contributed by atoms with Crippen LogP contribution in [-0.2, 0) is 9.53 Å². The van der Waals surface area contributed by atoms with E-state index in [1.807, 2.05) is 0 Å². The zero-order chi connectivity index (χ0) is 12.3. The van der Waals surface area contributed by atoms with E-state index in [0.717, 1.165) is 9.80 Å². The van der Waals surface area contributed by atoms with Crippen LogP contribution in [0.5, 0.6) is 0 Å². The van der Waals surface area contributed by atoms with Crippen molar-refractivity contribution >= 4 is 29.6 Å². The van der Waals surface area contributed by atoms with Gasteiger partial charge in [0.15, 0.2) is 0 Å². The van der Waals surface area contributed by atoms with Gasteiger partial charge < -0.3 is 10.5 Å². The molecule has 1 fully saturated rings. The van der Waals surface area contributed by atoms with E-state index in [1.54, 1.807) is 18.3 Å². The molecule has 0 bridgehead atoms. The smallest absolute Gasteiger partial charge is 0.416 e. The molecule has 17 heavy (non-hydrogen) atoms. The summed E-state index contributed by atoms with van der Waals surface area (Å²) in [7, 11) is 0. The van der Waals surface area contributed by atoms with Crippen LogP contribution in [-0.4, -0.2) is 40.8 Å². The van der Waals surface area contributed by atoms with Gasteiger partial charge in [0.1, 0.15) is 12.4 Å². The number of rotatable bonds is 3. The highest BCUT2D eigenvalue weighted by molar-refractivity contribution is 8.00. The van der Waals surface area contributed by atoms with Crippen LogP contribution in [0.25, 0.3) is 0 Å². The summed E-state index contributed by atoms with van der Waals surface area (Å²) in [5.41, 5.74) is 5.44. The minimum Gasteiger partial charge on any atom is -0.447 e. The van der Waals surface area contributed by atoms with Crippen molar-refractivity contribution in [2.75, 3.05) is 24.6 Å². The van der Waals surface area contributed by atoms with Crippen LogP contribution < -0.4 is 5.73 Å². The quantitative estimate of drug-likeness (QED) is 0.799. The van der Waals surface area contributed by atoms with E-state index < -0.39 is 6.09 Å². The van der Waals surface area contributed by atoms with Crippen LogP contribution >= 0.6 is 11.8 Å². The summed E-state index contributed by atoms with van der Waals surface area (Å²) < 4.78 is 4.68. The first-order valence-corrected chi connectivity index (χ1v) is 5.97. The number of amides is 2. The Bertz CT molecular complexity index is 435. The number of hydrogen-bond donors (Lipinski definition) is 1. The van der Waals surface area contributed by atoms with Gasteiger partial charge in [0.2, 0.25) is 5.91 Å². The summed E-state index contributed by atoms with van der Waals surface area (Å²) in [5.74, 6) is 0.360. The Morgan fingerprint density at radius 2 is 2.41 bits per heavy atom. The Hall–Kier alpha value is -1.76. The Labute approximate surface area is 102 Å². The van der Waals surface area contributed by atoms with Crippen LogP contribution in [0.15, 0.2) is 23.2 Å². The lowest BCUT2D eigenvalue weighted by atomic mass is 10.5. The van der Waals surface area contributed by atoms with E-state index in [0.29, 0.717) is 12.4 Å². The molecule has 2 rings (SSSR count). The van der Waals surface area contributed by atoms with Gasteiger partial charge >= 0.3 is 6.09 Å². The molecule has 90 valence electrons. The molecule has 7 heteroatoms. The number of cyclic esters (lactones) is 1. The topological polar surface area (TPSA) is 85.5 Å². The summed E-state index contributed by atoms with van der Waals surface area (Å²) in [6.45, 7) is 0.608. The standard InChI is InChI=1S/C10H11N3O3S/c11-8-2-1-7(5-12-8)17-6-9(14)13-3-4-16-10(13)15/h1-2,5H,3-4,6H2,(H2,11,12). The molecular formula is C10H11N3O3S.